The fraction of sp³-hybridized carbons (Fsp3) is 0.727. The number of aromatic nitrogens is 2. The highest BCUT2D eigenvalue weighted by atomic mass is 35.7. The van der Waals surface area contributed by atoms with Gasteiger partial charge in [0.2, 0.25) is 0 Å². The Bertz CT molecular complexity index is 482. The molecule has 1 aromatic heterocycles. The molecule has 0 aliphatic carbocycles. The zero-order valence-electron chi connectivity index (χ0n) is 10.9. The van der Waals surface area contributed by atoms with Crippen LogP contribution >= 0.6 is 10.7 Å². The van der Waals surface area contributed by atoms with Crippen LogP contribution < -0.4 is 0 Å². The Kier molecular flexibility index (Phi) is 5.62. The number of nitrogens with zero attached hydrogens (tertiary/aromatic N) is 2. The maximum absolute atomic E-state index is 11.4. The van der Waals surface area contributed by atoms with Crippen molar-refractivity contribution >= 4 is 19.7 Å². The van der Waals surface area contributed by atoms with E-state index in [0.717, 1.165) is 6.42 Å². The smallest absolute Gasteiger partial charge is 0.264 e. The molecule has 1 heterocycles. The minimum atomic E-state index is -3.78. The topological polar surface area (TPSA) is 61.2 Å². The second-order valence-corrected chi connectivity index (χ2v) is 7.08. The van der Waals surface area contributed by atoms with Gasteiger partial charge < -0.3 is 4.74 Å². The lowest BCUT2D eigenvalue weighted by molar-refractivity contribution is 0.116. The van der Waals surface area contributed by atoms with Crippen molar-refractivity contribution in [2.75, 3.05) is 6.61 Å². The maximum Gasteiger partial charge on any atom is 0.264 e. The fourth-order valence-electron chi connectivity index (χ4n) is 1.53. The Labute approximate surface area is 113 Å². The van der Waals surface area contributed by atoms with E-state index < -0.39 is 9.05 Å². The first-order chi connectivity index (χ1) is 8.34. The Morgan fingerprint density at radius 3 is 2.67 bits per heavy atom. The van der Waals surface area contributed by atoms with Gasteiger partial charge >= 0.3 is 0 Å². The van der Waals surface area contributed by atoms with E-state index in [-0.39, 0.29) is 11.5 Å². The lowest BCUT2D eigenvalue weighted by Gasteiger charge is -2.03. The quantitative estimate of drug-likeness (QED) is 0.572. The first-order valence-electron chi connectivity index (χ1n) is 5.93. The molecule has 5 nitrogen and oxygen atoms in total. The van der Waals surface area contributed by atoms with Gasteiger partial charge in [0.25, 0.3) is 9.05 Å². The summed E-state index contributed by atoms with van der Waals surface area (Å²) in [5.41, 5.74) is 0.374. The van der Waals surface area contributed by atoms with Crippen molar-refractivity contribution < 1.29 is 13.2 Å². The Morgan fingerprint density at radius 1 is 1.50 bits per heavy atom. The molecule has 0 bridgehead atoms. The molecule has 0 saturated heterocycles. The van der Waals surface area contributed by atoms with E-state index in [0.29, 0.717) is 24.8 Å². The summed E-state index contributed by atoms with van der Waals surface area (Å²) < 4.78 is 29.8. The lowest BCUT2D eigenvalue weighted by Crippen LogP contribution is -2.05. The van der Waals surface area contributed by atoms with Crippen LogP contribution in [-0.2, 0) is 26.9 Å². The fourth-order valence-corrected chi connectivity index (χ4v) is 2.54. The monoisotopic (exact) mass is 294 g/mol. The molecule has 18 heavy (non-hydrogen) atoms. The lowest BCUT2D eigenvalue weighted by atomic mass is 10.2. The van der Waals surface area contributed by atoms with Crippen LogP contribution in [0, 0.1) is 5.92 Å². The van der Waals surface area contributed by atoms with E-state index in [2.05, 4.69) is 5.10 Å². The molecule has 0 spiro atoms. The Balaban J connectivity index is 2.94. The maximum atomic E-state index is 11.4. The Morgan fingerprint density at radius 2 is 2.17 bits per heavy atom. The van der Waals surface area contributed by atoms with Crippen LogP contribution in [0.1, 0.15) is 32.9 Å². The van der Waals surface area contributed by atoms with Gasteiger partial charge in [-0.2, -0.15) is 5.10 Å². The third-order valence-electron chi connectivity index (χ3n) is 2.20. The molecule has 0 radical (unpaired) electrons. The van der Waals surface area contributed by atoms with E-state index in [4.69, 9.17) is 15.4 Å². The molecular weight excluding hydrogens is 276 g/mol. The molecule has 0 aliphatic rings. The molecular formula is C11H19ClN2O3S. The van der Waals surface area contributed by atoms with E-state index in [9.17, 15) is 8.42 Å². The summed E-state index contributed by atoms with van der Waals surface area (Å²) in [5, 5.41) is 4.22. The summed E-state index contributed by atoms with van der Waals surface area (Å²) in [4.78, 5) is 0.0425. The molecule has 0 amide bonds. The van der Waals surface area contributed by atoms with Gasteiger partial charge in [-0.05, 0) is 12.3 Å². The number of hydrogen-bond acceptors (Lipinski definition) is 4. The number of ether oxygens (including phenoxy) is 1. The zero-order valence-corrected chi connectivity index (χ0v) is 12.5. The first-order valence-corrected chi connectivity index (χ1v) is 8.24. The summed E-state index contributed by atoms with van der Waals surface area (Å²) in [5.74, 6) is 0.375. The molecule has 0 atom stereocenters. The van der Waals surface area contributed by atoms with E-state index >= 15 is 0 Å². The van der Waals surface area contributed by atoms with Gasteiger partial charge in [0.15, 0.2) is 0 Å². The highest BCUT2D eigenvalue weighted by Crippen LogP contribution is 2.20. The SMILES string of the molecule is CCCOCc1nn(CC(C)C)cc1S(=O)(=O)Cl. The minimum Gasteiger partial charge on any atom is -0.375 e. The standard InChI is InChI=1S/C11H19ClN2O3S/c1-4-5-17-8-10-11(18(12,15)16)7-14(13-10)6-9(2)3/h7,9H,4-6,8H2,1-3H3. The average Bonchev–Trinajstić information content (AvgIpc) is 2.60. The molecule has 0 aromatic carbocycles. The highest BCUT2D eigenvalue weighted by molar-refractivity contribution is 8.13. The van der Waals surface area contributed by atoms with E-state index in [1.165, 1.54) is 6.20 Å². The largest absolute Gasteiger partial charge is 0.375 e. The number of halogens is 1. The Hall–Kier alpha value is -0.590. The van der Waals surface area contributed by atoms with Crippen molar-refractivity contribution in [1.82, 2.24) is 9.78 Å². The van der Waals surface area contributed by atoms with Crippen LogP contribution in [-0.4, -0.2) is 24.8 Å². The van der Waals surface area contributed by atoms with Crippen molar-refractivity contribution in [2.45, 2.75) is 45.2 Å². The summed E-state index contributed by atoms with van der Waals surface area (Å²) in [6.45, 7) is 7.43. The van der Waals surface area contributed by atoms with Gasteiger partial charge in [-0.15, -0.1) is 0 Å². The molecule has 104 valence electrons. The minimum absolute atomic E-state index is 0.0425. The highest BCUT2D eigenvalue weighted by Gasteiger charge is 2.20. The van der Waals surface area contributed by atoms with E-state index in [1.54, 1.807) is 4.68 Å². The van der Waals surface area contributed by atoms with Gasteiger partial charge in [0, 0.05) is 30.0 Å². The predicted molar refractivity (Wildman–Crippen MR) is 70.1 cm³/mol. The third-order valence-corrected chi connectivity index (χ3v) is 3.57. The van der Waals surface area contributed by atoms with Gasteiger partial charge in [-0.3, -0.25) is 4.68 Å². The van der Waals surface area contributed by atoms with Crippen molar-refractivity contribution in [3.8, 4) is 0 Å². The molecule has 7 heteroatoms. The summed E-state index contributed by atoms with van der Waals surface area (Å²) in [6, 6.07) is 0. The van der Waals surface area contributed by atoms with Gasteiger partial charge in [0.1, 0.15) is 10.6 Å². The molecule has 1 aromatic rings. The molecule has 0 N–H and O–H groups in total. The number of hydrogen-bond donors (Lipinski definition) is 0. The van der Waals surface area contributed by atoms with Gasteiger partial charge in [0.05, 0.1) is 6.61 Å². The summed E-state index contributed by atoms with van der Waals surface area (Å²) in [7, 11) is 1.61. The molecule has 0 saturated carbocycles. The summed E-state index contributed by atoms with van der Waals surface area (Å²) >= 11 is 0. The third kappa shape index (κ3) is 4.59. The normalized spacial score (nSPS) is 12.3. The van der Waals surface area contributed by atoms with Crippen LogP contribution in [0.3, 0.4) is 0 Å². The average molecular weight is 295 g/mol. The molecule has 0 aliphatic heterocycles. The van der Waals surface area contributed by atoms with Crippen LogP contribution in [0.2, 0.25) is 0 Å². The van der Waals surface area contributed by atoms with Crippen molar-refractivity contribution in [3.63, 3.8) is 0 Å². The second kappa shape index (κ2) is 6.54. The predicted octanol–water partition coefficient (Wildman–Crippen LogP) is 2.39. The van der Waals surface area contributed by atoms with Crippen molar-refractivity contribution in [3.05, 3.63) is 11.9 Å². The van der Waals surface area contributed by atoms with Gasteiger partial charge in [-0.25, -0.2) is 8.42 Å². The van der Waals surface area contributed by atoms with E-state index in [1.807, 2.05) is 20.8 Å². The van der Waals surface area contributed by atoms with Crippen LogP contribution in [0.15, 0.2) is 11.1 Å². The molecule has 0 fully saturated rings. The van der Waals surface area contributed by atoms with Crippen molar-refractivity contribution in [2.24, 2.45) is 5.92 Å². The number of rotatable bonds is 7. The summed E-state index contributed by atoms with van der Waals surface area (Å²) in [6.07, 6.45) is 2.34. The van der Waals surface area contributed by atoms with Gasteiger partial charge in [-0.1, -0.05) is 20.8 Å². The van der Waals surface area contributed by atoms with Crippen LogP contribution in [0.5, 0.6) is 0 Å². The molecule has 0 unspecified atom stereocenters. The van der Waals surface area contributed by atoms with Crippen LogP contribution in [0.25, 0.3) is 0 Å². The molecule has 1 rings (SSSR count). The van der Waals surface area contributed by atoms with Crippen LogP contribution in [0.4, 0.5) is 0 Å². The second-order valence-electron chi connectivity index (χ2n) is 4.55. The first kappa shape index (κ1) is 15.5. The zero-order chi connectivity index (χ0) is 13.8. The van der Waals surface area contributed by atoms with Crippen molar-refractivity contribution in [1.29, 1.82) is 0 Å².